The number of amides is 2. The van der Waals surface area contributed by atoms with Crippen LogP contribution >= 0.6 is 11.8 Å². The van der Waals surface area contributed by atoms with E-state index in [9.17, 15) is 14.0 Å². The molecule has 1 aliphatic rings. The fourth-order valence-electron chi connectivity index (χ4n) is 3.40. The molecule has 1 heterocycles. The van der Waals surface area contributed by atoms with Gasteiger partial charge < -0.3 is 29.2 Å². The van der Waals surface area contributed by atoms with Crippen molar-refractivity contribution in [3.8, 4) is 0 Å². The minimum absolute atomic E-state index is 0. The number of carbonyl (C=O) groups is 2. The van der Waals surface area contributed by atoms with Crippen molar-refractivity contribution in [2.24, 2.45) is 16.1 Å². The molecular formula is C23H24FN3O2SU. The van der Waals surface area contributed by atoms with Crippen molar-refractivity contribution in [3.63, 3.8) is 0 Å². The quantitative estimate of drug-likeness (QED) is 0.478. The molecule has 2 aromatic carbocycles. The monoisotopic (exact) mass is 663 g/mol. The average molecular weight is 664 g/mol. The van der Waals surface area contributed by atoms with Gasteiger partial charge in [-0.1, -0.05) is 49.0 Å². The zero-order chi connectivity index (χ0) is 21.9. The first kappa shape index (κ1) is 25.5. The molecule has 0 saturated carbocycles. The van der Waals surface area contributed by atoms with Crippen LogP contribution in [0.25, 0.3) is 0 Å². The molecule has 2 atom stereocenters. The van der Waals surface area contributed by atoms with Crippen LogP contribution < -0.4 is 11.1 Å². The van der Waals surface area contributed by atoms with Crippen molar-refractivity contribution in [1.82, 2.24) is 5.32 Å². The van der Waals surface area contributed by atoms with E-state index >= 15 is 0 Å². The predicted octanol–water partition coefficient (Wildman–Crippen LogP) is 3.78. The van der Waals surface area contributed by atoms with Gasteiger partial charge in [0.1, 0.15) is 5.82 Å². The Bertz CT molecular complexity index is 1000. The maximum absolute atomic E-state index is 15.0. The predicted molar refractivity (Wildman–Crippen MR) is 118 cm³/mol. The molecule has 31 heavy (non-hydrogen) atoms. The van der Waals surface area contributed by atoms with E-state index in [1.54, 1.807) is 43.3 Å². The minimum Gasteiger partial charge on any atom is -0.395 e. The molecule has 0 saturated heterocycles. The number of benzene rings is 2. The number of carbonyl (C=O) groups excluding carboxylic acids is 2. The summed E-state index contributed by atoms with van der Waals surface area (Å²) in [7, 11) is 0. The fraction of sp³-hybridized carbons (Fsp3) is 0.261. The summed E-state index contributed by atoms with van der Waals surface area (Å²) in [4.78, 5) is 28.7. The second-order valence-corrected chi connectivity index (χ2v) is 8.70. The second kappa shape index (κ2) is 10.2. The van der Waals surface area contributed by atoms with E-state index in [0.717, 1.165) is 5.56 Å². The van der Waals surface area contributed by atoms with Gasteiger partial charge in [-0.25, -0.2) is 4.39 Å². The molecule has 160 valence electrons. The van der Waals surface area contributed by atoms with Crippen molar-refractivity contribution >= 4 is 28.7 Å². The van der Waals surface area contributed by atoms with Crippen LogP contribution in [0.1, 0.15) is 34.8 Å². The number of hydrogen-bond acceptors (Lipinski definition) is 4. The molecule has 3 N–H and O–H groups in total. The van der Waals surface area contributed by atoms with E-state index in [4.69, 9.17) is 10.7 Å². The first-order valence-electron chi connectivity index (χ1n) is 9.48. The van der Waals surface area contributed by atoms with Crippen LogP contribution in [0.15, 0.2) is 53.5 Å². The molecule has 0 aromatic heterocycles. The molecule has 8 heteroatoms. The summed E-state index contributed by atoms with van der Waals surface area (Å²) < 4.78 is 15.0. The van der Waals surface area contributed by atoms with Crippen LogP contribution in [0.5, 0.6) is 0 Å². The number of nitrogens with two attached hydrogens (primary N) is 1. The topological polar surface area (TPSA) is 84.6 Å². The van der Waals surface area contributed by atoms with E-state index in [1.165, 1.54) is 24.2 Å². The van der Waals surface area contributed by atoms with Gasteiger partial charge in [0.15, 0.2) is 5.17 Å². The number of aliphatic imine (C=N–C) groups is 1. The summed E-state index contributed by atoms with van der Waals surface area (Å²) in [6.07, 6.45) is 1.64. The molecule has 0 aliphatic carbocycles. The van der Waals surface area contributed by atoms with Gasteiger partial charge in [-0.2, -0.15) is 6.42 Å². The van der Waals surface area contributed by atoms with Crippen LogP contribution in [-0.4, -0.2) is 22.7 Å². The summed E-state index contributed by atoms with van der Waals surface area (Å²) in [5.41, 5.74) is 4.92. The second-order valence-electron chi connectivity index (χ2n) is 7.74. The Morgan fingerprint density at radius 1 is 1.29 bits per heavy atom. The number of amidine groups is 1. The normalized spacial score (nSPS) is 22.6. The van der Waals surface area contributed by atoms with E-state index < -0.39 is 22.7 Å². The number of thioether (sulfide) groups is 1. The number of aryl methyl sites for hydroxylation is 1. The summed E-state index contributed by atoms with van der Waals surface area (Å²) in [6, 6.07) is 13.7. The third-order valence-corrected chi connectivity index (χ3v) is 6.65. The van der Waals surface area contributed by atoms with E-state index in [0.29, 0.717) is 22.0 Å². The van der Waals surface area contributed by atoms with Crippen LogP contribution in [0.3, 0.4) is 0 Å². The summed E-state index contributed by atoms with van der Waals surface area (Å²) in [5.74, 6) is -0.831. The van der Waals surface area contributed by atoms with Crippen LogP contribution in [-0.2, 0) is 10.3 Å². The Morgan fingerprint density at radius 2 is 1.97 bits per heavy atom. The molecule has 5 nitrogen and oxygen atoms in total. The molecule has 2 aromatic rings. The Balaban J connectivity index is 0.00000341. The molecule has 0 radical (unpaired) electrons. The summed E-state index contributed by atoms with van der Waals surface area (Å²) in [6.45, 7) is 7.98. The van der Waals surface area contributed by atoms with Crippen LogP contribution in [0, 0.1) is 62.6 Å². The maximum atomic E-state index is 15.0. The molecule has 3 rings (SSSR count). The Kier molecular flexibility index (Phi) is 8.43. The molecule has 2 amide bonds. The molecule has 0 unspecified atom stereocenters. The number of primary amides is 1. The first-order valence-corrected chi connectivity index (χ1v) is 10.5. The largest absolute Gasteiger partial charge is 2.00 e. The van der Waals surface area contributed by atoms with Crippen molar-refractivity contribution in [2.45, 2.75) is 25.8 Å². The Morgan fingerprint density at radius 3 is 2.58 bits per heavy atom. The number of hydrogen-bond donors (Lipinski definition) is 2. The average Bonchev–Trinajstić information content (AvgIpc) is 2.70. The van der Waals surface area contributed by atoms with Gasteiger partial charge >= 0.3 is 31.1 Å². The smallest absolute Gasteiger partial charge is 0.395 e. The van der Waals surface area contributed by atoms with Crippen molar-refractivity contribution in [1.29, 1.82) is 0 Å². The SMILES string of the molecule is [CH2-][C@]1(c2ccc(C)cc2F)N=C(NC(=O)c2ccccc2)SC[C@]1(C)C[CH-]C(N)=O.[U+2]. The zero-order valence-corrected chi connectivity index (χ0v) is 22.4. The molecule has 1 aliphatic heterocycles. The van der Waals surface area contributed by atoms with E-state index in [1.807, 2.05) is 13.0 Å². The fourth-order valence-corrected chi connectivity index (χ4v) is 4.60. The number of rotatable bonds is 5. The zero-order valence-electron chi connectivity index (χ0n) is 17.4. The van der Waals surface area contributed by atoms with Gasteiger partial charge in [-0.15, -0.1) is 0 Å². The third kappa shape index (κ3) is 5.55. The third-order valence-electron chi connectivity index (χ3n) is 5.40. The van der Waals surface area contributed by atoms with Gasteiger partial charge in [-0.3, -0.25) is 9.79 Å². The standard InChI is InChI=1S/C23H24FN3O2S.U/c1-15-9-10-17(18(24)13-15)23(3)22(2,12-11-19(25)28)14-30-21(27-23)26-20(29)16-7-5-4-6-8-16;/h4-11,13H,3,12,14H2,1-2H3,(H2,25,28)(H,26,27,29);/q-2;+2/t22-,23+;/m0./s1. The Hall–Kier alpha value is -1.75. The van der Waals surface area contributed by atoms with Crippen LogP contribution in [0.2, 0.25) is 0 Å². The molecule has 0 spiro atoms. The van der Waals surface area contributed by atoms with Crippen molar-refractivity contribution in [2.75, 3.05) is 5.75 Å². The van der Waals surface area contributed by atoms with Gasteiger partial charge in [0.05, 0.1) is 5.91 Å². The van der Waals surface area contributed by atoms with Crippen LogP contribution in [0.4, 0.5) is 4.39 Å². The summed E-state index contributed by atoms with van der Waals surface area (Å²) >= 11 is 1.33. The minimum atomic E-state index is -1.26. The molecular weight excluding hydrogens is 639 g/mol. The Labute approximate surface area is 210 Å². The van der Waals surface area contributed by atoms with Crippen molar-refractivity contribution < 1.29 is 45.1 Å². The number of nitrogens with one attached hydrogen (secondary N) is 1. The van der Waals surface area contributed by atoms with E-state index in [2.05, 4.69) is 12.2 Å². The van der Waals surface area contributed by atoms with Gasteiger partial charge in [0.25, 0.3) is 5.91 Å². The van der Waals surface area contributed by atoms with Crippen molar-refractivity contribution in [3.05, 3.63) is 84.4 Å². The number of nitrogens with zero attached hydrogens (tertiary/aromatic N) is 1. The van der Waals surface area contributed by atoms with E-state index in [-0.39, 0.29) is 43.4 Å². The molecule has 0 bridgehead atoms. The molecule has 0 fully saturated rings. The van der Waals surface area contributed by atoms with Gasteiger partial charge in [0, 0.05) is 11.3 Å². The first-order chi connectivity index (χ1) is 14.1. The van der Waals surface area contributed by atoms with Gasteiger partial charge in [-0.05, 0) is 47.2 Å². The van der Waals surface area contributed by atoms with Gasteiger partial charge in [0.2, 0.25) is 0 Å². The summed E-state index contributed by atoms with van der Waals surface area (Å²) in [5, 5.41) is 3.16. The number of halogens is 1. The maximum Gasteiger partial charge on any atom is 2.00 e.